The van der Waals surface area contributed by atoms with Gasteiger partial charge in [0.2, 0.25) is 0 Å². The summed E-state index contributed by atoms with van der Waals surface area (Å²) in [4.78, 5) is 11.9. The fourth-order valence-corrected chi connectivity index (χ4v) is 5.07. The summed E-state index contributed by atoms with van der Waals surface area (Å²) >= 11 is 6.00. The van der Waals surface area contributed by atoms with E-state index < -0.39 is 20.6 Å². The summed E-state index contributed by atoms with van der Waals surface area (Å²) < 4.78 is 28.7. The highest BCUT2D eigenvalue weighted by Crippen LogP contribution is 2.33. The Morgan fingerprint density at radius 3 is 2.42 bits per heavy atom. The van der Waals surface area contributed by atoms with E-state index in [2.05, 4.69) is 20.2 Å². The minimum absolute atomic E-state index is 0.0835. The summed E-state index contributed by atoms with van der Waals surface area (Å²) in [6.45, 7) is 1.64. The number of benzene rings is 4. The fourth-order valence-electron chi connectivity index (χ4n) is 3.76. The average Bonchev–Trinajstić information content (AvgIpc) is 3.29. The Bertz CT molecular complexity index is 1810. The van der Waals surface area contributed by atoms with Crippen molar-refractivity contribution in [3.8, 4) is 11.4 Å². The lowest BCUT2D eigenvalue weighted by atomic mass is 10.1. The standard InChI is InChI=1S/C25H19ClN6O5S/c1-15-11-24(31-28-19-9-7-16(26)12-22(19)29-31)25(33)14-21(15)30-38(36,37)18-8-10-20(23(13-18)32(34)35)27-17-5-3-2-4-6-17/h2-14,27,30,33H,1H3. The van der Waals surface area contributed by atoms with Crippen LogP contribution in [0.1, 0.15) is 5.56 Å². The van der Waals surface area contributed by atoms with Gasteiger partial charge in [-0.05, 0) is 61.0 Å². The highest BCUT2D eigenvalue weighted by atomic mass is 35.5. The number of nitrogens with one attached hydrogen (secondary N) is 2. The van der Waals surface area contributed by atoms with E-state index in [1.807, 2.05) is 0 Å². The van der Waals surface area contributed by atoms with Crippen molar-refractivity contribution in [2.75, 3.05) is 10.0 Å². The quantitative estimate of drug-likeness (QED) is 0.176. The number of aromatic hydroxyl groups is 1. The molecule has 0 aliphatic heterocycles. The molecule has 1 heterocycles. The topological polar surface area (TPSA) is 152 Å². The van der Waals surface area contributed by atoms with E-state index in [9.17, 15) is 23.6 Å². The third-order valence-corrected chi connectivity index (χ3v) is 7.25. The molecular weight excluding hydrogens is 532 g/mol. The van der Waals surface area contributed by atoms with Crippen molar-refractivity contribution in [2.45, 2.75) is 11.8 Å². The molecule has 0 amide bonds. The van der Waals surface area contributed by atoms with Crippen LogP contribution in [-0.2, 0) is 10.0 Å². The number of aromatic nitrogens is 3. The number of aryl methyl sites for hydroxylation is 1. The Morgan fingerprint density at radius 1 is 0.947 bits per heavy atom. The monoisotopic (exact) mass is 550 g/mol. The SMILES string of the molecule is Cc1cc(-n2nc3ccc(Cl)cc3n2)c(O)cc1NS(=O)(=O)c1ccc(Nc2ccccc2)c([N+](=O)[O-])c1. The Morgan fingerprint density at radius 2 is 1.68 bits per heavy atom. The maximum Gasteiger partial charge on any atom is 0.294 e. The Balaban J connectivity index is 1.45. The van der Waals surface area contributed by atoms with Crippen molar-refractivity contribution in [3.05, 3.63) is 99.6 Å². The maximum atomic E-state index is 13.1. The van der Waals surface area contributed by atoms with E-state index in [1.165, 1.54) is 29.1 Å². The zero-order valence-corrected chi connectivity index (χ0v) is 21.2. The van der Waals surface area contributed by atoms with Crippen LogP contribution < -0.4 is 10.0 Å². The highest BCUT2D eigenvalue weighted by Gasteiger charge is 2.23. The second-order valence-electron chi connectivity index (χ2n) is 8.31. The first kappa shape index (κ1) is 25.0. The first-order valence-electron chi connectivity index (χ1n) is 11.1. The zero-order valence-electron chi connectivity index (χ0n) is 19.7. The van der Waals surface area contributed by atoms with E-state index >= 15 is 0 Å². The van der Waals surface area contributed by atoms with Crippen molar-refractivity contribution in [2.24, 2.45) is 0 Å². The molecule has 192 valence electrons. The van der Waals surface area contributed by atoms with Gasteiger partial charge in [0.1, 0.15) is 28.2 Å². The van der Waals surface area contributed by atoms with Gasteiger partial charge in [0.05, 0.1) is 15.5 Å². The van der Waals surface area contributed by atoms with Crippen LogP contribution in [0.15, 0.2) is 83.8 Å². The number of hydrogen-bond donors (Lipinski definition) is 3. The summed E-state index contributed by atoms with van der Waals surface area (Å²) in [7, 11) is -4.25. The molecule has 0 radical (unpaired) electrons. The number of nitro benzene ring substituents is 1. The molecule has 0 bridgehead atoms. The number of anilines is 3. The third kappa shape index (κ3) is 4.94. The lowest BCUT2D eigenvalue weighted by Gasteiger charge is -2.14. The molecule has 0 spiro atoms. The molecule has 5 aromatic rings. The normalized spacial score (nSPS) is 11.4. The van der Waals surface area contributed by atoms with Crippen LogP contribution in [0.4, 0.5) is 22.7 Å². The molecule has 38 heavy (non-hydrogen) atoms. The van der Waals surface area contributed by atoms with Crippen LogP contribution in [-0.4, -0.2) is 33.4 Å². The predicted molar refractivity (Wildman–Crippen MR) is 144 cm³/mol. The summed E-state index contributed by atoms with van der Waals surface area (Å²) in [5.41, 5.74) is 2.18. The smallest absolute Gasteiger partial charge is 0.294 e. The third-order valence-electron chi connectivity index (χ3n) is 5.65. The van der Waals surface area contributed by atoms with Crippen molar-refractivity contribution in [1.29, 1.82) is 0 Å². The summed E-state index contributed by atoms with van der Waals surface area (Å²) in [6, 6.07) is 20.1. The number of phenols is 1. The average molecular weight is 551 g/mol. The fraction of sp³-hybridized carbons (Fsp3) is 0.0400. The molecule has 0 saturated carbocycles. The van der Waals surface area contributed by atoms with Gasteiger partial charge >= 0.3 is 0 Å². The Hall–Kier alpha value is -4.68. The molecule has 0 atom stereocenters. The molecule has 0 aliphatic rings. The molecule has 5 rings (SSSR count). The predicted octanol–water partition coefficient (Wildman–Crippen LogP) is 5.54. The first-order chi connectivity index (χ1) is 18.1. The first-order valence-corrected chi connectivity index (χ1v) is 13.0. The molecule has 4 aromatic carbocycles. The number of fused-ring (bicyclic) bond motifs is 1. The number of nitrogens with zero attached hydrogens (tertiary/aromatic N) is 4. The van der Waals surface area contributed by atoms with Gasteiger partial charge in [0.15, 0.2) is 0 Å². The second-order valence-corrected chi connectivity index (χ2v) is 10.4. The van der Waals surface area contributed by atoms with Gasteiger partial charge in [-0.2, -0.15) is 0 Å². The minimum atomic E-state index is -4.25. The lowest BCUT2D eigenvalue weighted by Crippen LogP contribution is -2.14. The molecule has 0 saturated heterocycles. The molecule has 0 aliphatic carbocycles. The van der Waals surface area contributed by atoms with Crippen LogP contribution in [0.5, 0.6) is 5.75 Å². The minimum Gasteiger partial charge on any atom is -0.506 e. The largest absolute Gasteiger partial charge is 0.506 e. The summed E-state index contributed by atoms with van der Waals surface area (Å²) in [5.74, 6) is -0.284. The second kappa shape index (κ2) is 9.65. The van der Waals surface area contributed by atoms with Gasteiger partial charge < -0.3 is 10.4 Å². The van der Waals surface area contributed by atoms with E-state index in [0.717, 1.165) is 6.07 Å². The van der Waals surface area contributed by atoms with E-state index in [4.69, 9.17) is 11.6 Å². The number of hydrogen-bond acceptors (Lipinski definition) is 8. The number of halogens is 1. The molecule has 1 aromatic heterocycles. The van der Waals surface area contributed by atoms with E-state index in [0.29, 0.717) is 27.3 Å². The van der Waals surface area contributed by atoms with E-state index in [-0.39, 0.29) is 27.7 Å². The van der Waals surface area contributed by atoms with Crippen molar-refractivity contribution < 1.29 is 18.4 Å². The van der Waals surface area contributed by atoms with Gasteiger partial charge in [-0.1, -0.05) is 29.8 Å². The van der Waals surface area contributed by atoms with Crippen LogP contribution in [0.2, 0.25) is 5.02 Å². The summed E-state index contributed by atoms with van der Waals surface area (Å²) in [5, 5.41) is 34.4. The van der Waals surface area contributed by atoms with Gasteiger partial charge in [-0.25, -0.2) is 8.42 Å². The van der Waals surface area contributed by atoms with Crippen LogP contribution >= 0.6 is 11.6 Å². The van der Waals surface area contributed by atoms with Gasteiger partial charge in [0.25, 0.3) is 15.7 Å². The van der Waals surface area contributed by atoms with E-state index in [1.54, 1.807) is 55.5 Å². The molecule has 11 nitrogen and oxygen atoms in total. The Kier molecular flexibility index (Phi) is 6.35. The number of rotatable bonds is 7. The number of sulfonamides is 1. The zero-order chi connectivity index (χ0) is 27.0. The van der Waals surface area contributed by atoms with Gasteiger partial charge in [-0.3, -0.25) is 14.8 Å². The van der Waals surface area contributed by atoms with Crippen LogP contribution in [0.3, 0.4) is 0 Å². The Labute approximate surface area is 221 Å². The highest BCUT2D eigenvalue weighted by molar-refractivity contribution is 7.92. The number of para-hydroxylation sites is 1. The van der Waals surface area contributed by atoms with Gasteiger partial charge in [0, 0.05) is 22.8 Å². The van der Waals surface area contributed by atoms with Crippen LogP contribution in [0, 0.1) is 17.0 Å². The molecule has 3 N–H and O–H groups in total. The molecule has 0 fully saturated rings. The lowest BCUT2D eigenvalue weighted by molar-refractivity contribution is -0.384. The summed E-state index contributed by atoms with van der Waals surface area (Å²) in [6.07, 6.45) is 0. The number of phenolic OH excluding ortho intramolecular Hbond substituents is 1. The molecule has 0 unspecified atom stereocenters. The van der Waals surface area contributed by atoms with Crippen molar-refractivity contribution >= 4 is 55.4 Å². The molecular formula is C25H19ClN6O5S. The van der Waals surface area contributed by atoms with Crippen molar-refractivity contribution in [3.63, 3.8) is 0 Å². The van der Waals surface area contributed by atoms with Crippen molar-refractivity contribution in [1.82, 2.24) is 15.0 Å². The van der Waals surface area contributed by atoms with Crippen LogP contribution in [0.25, 0.3) is 16.7 Å². The molecule has 13 heteroatoms. The maximum absolute atomic E-state index is 13.1. The number of nitro groups is 1. The van der Waals surface area contributed by atoms with Gasteiger partial charge in [-0.15, -0.1) is 15.0 Å².